The van der Waals surface area contributed by atoms with Crippen molar-refractivity contribution < 1.29 is 44.7 Å². The number of carbonyl (C=O) groups excluding carboxylic acids is 2. The van der Waals surface area contributed by atoms with E-state index in [-0.39, 0.29) is 25.2 Å². The van der Waals surface area contributed by atoms with Gasteiger partial charge in [0.05, 0.1) is 26.4 Å². The van der Waals surface area contributed by atoms with Crippen molar-refractivity contribution in [3.8, 4) is 0 Å². The number of carboxylic acid groups (broad SMARTS) is 1. The summed E-state index contributed by atoms with van der Waals surface area (Å²) < 4.78 is 4.54. The van der Waals surface area contributed by atoms with Gasteiger partial charge in [0, 0.05) is 11.6 Å². The van der Waals surface area contributed by atoms with E-state index in [2.05, 4.69) is 23.2 Å². The van der Waals surface area contributed by atoms with Gasteiger partial charge in [0.2, 0.25) is 5.91 Å². The number of hydrogen-bond donors (Lipinski definition) is 6. The molecule has 148 valence electrons. The monoisotopic (exact) mass is 375 g/mol. The van der Waals surface area contributed by atoms with Crippen molar-refractivity contribution >= 4 is 17.8 Å². The first-order chi connectivity index (χ1) is 12.2. The number of rotatable bonds is 11. The molecule has 0 atom stereocenters. The molecule has 0 aliphatic rings. The van der Waals surface area contributed by atoms with Gasteiger partial charge in [0.15, 0.2) is 0 Å². The molecule has 26 heavy (non-hydrogen) atoms. The Hall–Kier alpha value is -2.53. The summed E-state index contributed by atoms with van der Waals surface area (Å²) in [7, 11) is 0. The lowest BCUT2D eigenvalue weighted by Gasteiger charge is -2.27. The van der Waals surface area contributed by atoms with Crippen LogP contribution in [0.15, 0.2) is 37.0 Å². The zero-order valence-corrected chi connectivity index (χ0v) is 14.3. The lowest BCUT2D eigenvalue weighted by Crippen LogP contribution is -2.56. The minimum Gasteiger partial charge on any atom is -0.478 e. The van der Waals surface area contributed by atoms with Gasteiger partial charge in [-0.3, -0.25) is 4.79 Å². The molecule has 0 aromatic rings. The SMILES string of the molecule is C=C(CC=CC(=O)O)C(=O)OCCO.C=CC(=O)NC(CO)(CO)CO. The molecule has 0 aliphatic heterocycles. The molecule has 10 nitrogen and oxygen atoms in total. The molecule has 0 heterocycles. The summed E-state index contributed by atoms with van der Waals surface area (Å²) in [5, 5.41) is 45.1. The molecule has 0 unspecified atom stereocenters. The van der Waals surface area contributed by atoms with Crippen molar-refractivity contribution in [2.24, 2.45) is 0 Å². The third-order valence-corrected chi connectivity index (χ3v) is 2.72. The second-order valence-corrected chi connectivity index (χ2v) is 4.86. The zero-order chi connectivity index (χ0) is 20.6. The molecule has 0 fully saturated rings. The molecular weight excluding hydrogens is 350 g/mol. The number of esters is 1. The predicted octanol–water partition coefficient (Wildman–Crippen LogP) is -1.89. The van der Waals surface area contributed by atoms with Gasteiger partial charge in [-0.15, -0.1) is 0 Å². The Morgan fingerprint density at radius 3 is 2.00 bits per heavy atom. The van der Waals surface area contributed by atoms with Gasteiger partial charge in [-0.2, -0.15) is 0 Å². The van der Waals surface area contributed by atoms with Crippen LogP contribution < -0.4 is 5.32 Å². The standard InChI is InChI=1S/C9H12O5.C7H13NO4/c1-7(3-2-4-8(11)12)9(13)14-6-5-10;1-2-6(12)8-7(3-9,4-10)5-11/h2,4,10H,1,3,5-6H2,(H,11,12);2,9-11H,1,3-5H2,(H,8,12). The van der Waals surface area contributed by atoms with Crippen molar-refractivity contribution in [3.05, 3.63) is 37.0 Å². The number of hydrogen-bond acceptors (Lipinski definition) is 8. The van der Waals surface area contributed by atoms with Crippen LogP contribution in [0.4, 0.5) is 0 Å². The molecule has 0 rings (SSSR count). The summed E-state index contributed by atoms with van der Waals surface area (Å²) in [4.78, 5) is 31.8. The maximum atomic E-state index is 11.0. The second-order valence-electron chi connectivity index (χ2n) is 4.86. The van der Waals surface area contributed by atoms with E-state index in [0.29, 0.717) is 0 Å². The molecular formula is C16H25NO9. The van der Waals surface area contributed by atoms with E-state index in [4.69, 9.17) is 25.5 Å². The van der Waals surface area contributed by atoms with E-state index >= 15 is 0 Å². The fourth-order valence-electron chi connectivity index (χ4n) is 1.21. The molecule has 0 bridgehead atoms. The summed E-state index contributed by atoms with van der Waals surface area (Å²) in [6.45, 7) is 4.68. The van der Waals surface area contributed by atoms with Crippen molar-refractivity contribution in [1.29, 1.82) is 0 Å². The molecule has 6 N–H and O–H groups in total. The Bertz CT molecular complexity index is 502. The molecule has 0 saturated carbocycles. The highest BCUT2D eigenvalue weighted by Crippen LogP contribution is 2.02. The minimum atomic E-state index is -1.36. The van der Waals surface area contributed by atoms with Gasteiger partial charge in [-0.1, -0.05) is 19.2 Å². The normalized spacial score (nSPS) is 10.5. The van der Waals surface area contributed by atoms with E-state index < -0.39 is 43.2 Å². The predicted molar refractivity (Wildman–Crippen MR) is 90.9 cm³/mol. The maximum absolute atomic E-state index is 11.0. The highest BCUT2D eigenvalue weighted by molar-refractivity contribution is 5.88. The lowest BCUT2D eigenvalue weighted by molar-refractivity contribution is -0.140. The third kappa shape index (κ3) is 11.9. The number of nitrogens with one attached hydrogen (secondary N) is 1. The Morgan fingerprint density at radius 1 is 1.08 bits per heavy atom. The second kappa shape index (κ2) is 14.8. The number of aliphatic hydroxyl groups excluding tert-OH is 4. The highest BCUT2D eigenvalue weighted by Gasteiger charge is 2.28. The number of aliphatic hydroxyl groups is 4. The topological polar surface area (TPSA) is 174 Å². The van der Waals surface area contributed by atoms with Crippen LogP contribution in [0.5, 0.6) is 0 Å². The Morgan fingerprint density at radius 2 is 1.62 bits per heavy atom. The first-order valence-electron chi connectivity index (χ1n) is 7.34. The van der Waals surface area contributed by atoms with Crippen LogP contribution in [-0.2, 0) is 19.1 Å². The molecule has 0 aliphatic carbocycles. The minimum absolute atomic E-state index is 0.0828. The Balaban J connectivity index is 0. The number of carboxylic acids is 1. The van der Waals surface area contributed by atoms with E-state index in [1.54, 1.807) is 0 Å². The van der Waals surface area contributed by atoms with Crippen molar-refractivity contribution in [3.63, 3.8) is 0 Å². The van der Waals surface area contributed by atoms with Crippen LogP contribution in [0.25, 0.3) is 0 Å². The van der Waals surface area contributed by atoms with E-state index in [9.17, 15) is 14.4 Å². The summed E-state index contributed by atoms with van der Waals surface area (Å²) in [6, 6.07) is 0. The smallest absolute Gasteiger partial charge is 0.333 e. The first-order valence-corrected chi connectivity index (χ1v) is 7.34. The molecule has 0 radical (unpaired) electrons. The third-order valence-electron chi connectivity index (χ3n) is 2.72. The largest absolute Gasteiger partial charge is 0.478 e. The lowest BCUT2D eigenvalue weighted by atomic mass is 10.0. The number of allylic oxidation sites excluding steroid dienone is 1. The Kier molecular flexibility index (Phi) is 14.6. The fraction of sp³-hybridized carbons (Fsp3) is 0.438. The zero-order valence-electron chi connectivity index (χ0n) is 14.3. The van der Waals surface area contributed by atoms with Crippen molar-refractivity contribution in [1.82, 2.24) is 5.32 Å². The molecule has 1 amide bonds. The van der Waals surface area contributed by atoms with Gasteiger partial charge in [-0.05, 0) is 12.5 Å². The fourth-order valence-corrected chi connectivity index (χ4v) is 1.21. The molecule has 0 spiro atoms. The summed E-state index contributed by atoms with van der Waals surface area (Å²) >= 11 is 0. The quantitative estimate of drug-likeness (QED) is 0.178. The molecule has 10 heteroatoms. The number of carbonyl (C=O) groups is 3. The number of ether oxygens (including phenoxy) is 1. The average Bonchev–Trinajstić information content (AvgIpc) is 2.64. The van der Waals surface area contributed by atoms with Gasteiger partial charge in [-0.25, -0.2) is 9.59 Å². The van der Waals surface area contributed by atoms with Crippen LogP contribution in [0, 0.1) is 0 Å². The van der Waals surface area contributed by atoms with Crippen molar-refractivity contribution in [2.75, 3.05) is 33.0 Å². The molecule has 0 saturated heterocycles. The number of amides is 1. The van der Waals surface area contributed by atoms with Crippen LogP contribution >= 0.6 is 0 Å². The summed E-state index contributed by atoms with van der Waals surface area (Å²) in [6.07, 6.45) is 3.33. The van der Waals surface area contributed by atoms with Gasteiger partial charge in [0.1, 0.15) is 12.1 Å². The molecule has 0 aromatic carbocycles. The maximum Gasteiger partial charge on any atom is 0.333 e. The van der Waals surface area contributed by atoms with Crippen LogP contribution in [-0.4, -0.2) is 82.0 Å². The van der Waals surface area contributed by atoms with E-state index in [1.807, 2.05) is 0 Å². The highest BCUT2D eigenvalue weighted by atomic mass is 16.5. The van der Waals surface area contributed by atoms with Crippen LogP contribution in [0.3, 0.4) is 0 Å². The Labute approximate surface area is 150 Å². The van der Waals surface area contributed by atoms with Crippen LogP contribution in [0.1, 0.15) is 6.42 Å². The summed E-state index contributed by atoms with van der Waals surface area (Å²) in [5.41, 5.74) is -1.21. The van der Waals surface area contributed by atoms with E-state index in [0.717, 1.165) is 12.2 Å². The summed E-state index contributed by atoms with van der Waals surface area (Å²) in [5.74, 6) is -2.26. The van der Waals surface area contributed by atoms with Gasteiger partial charge >= 0.3 is 11.9 Å². The van der Waals surface area contributed by atoms with Crippen LogP contribution in [0.2, 0.25) is 0 Å². The average molecular weight is 375 g/mol. The molecule has 0 aromatic heterocycles. The van der Waals surface area contributed by atoms with Gasteiger partial charge < -0.3 is 35.6 Å². The first kappa shape index (κ1) is 25.7. The van der Waals surface area contributed by atoms with Crippen molar-refractivity contribution in [2.45, 2.75) is 12.0 Å². The van der Waals surface area contributed by atoms with E-state index in [1.165, 1.54) is 6.08 Å². The number of aliphatic carboxylic acids is 1. The van der Waals surface area contributed by atoms with Gasteiger partial charge in [0.25, 0.3) is 0 Å².